The molecule has 278 valence electrons. The van der Waals surface area contributed by atoms with Gasteiger partial charge in [0, 0.05) is 25.2 Å². The molecular formula is C23H48N6O17S. The summed E-state index contributed by atoms with van der Waals surface area (Å²) in [6, 6.07) is -4.18. The molecule has 4 aliphatic rings. The second-order valence-electron chi connectivity index (χ2n) is 11.7. The average Bonchev–Trinajstić information content (AvgIpc) is 3.30. The highest BCUT2D eigenvalue weighted by atomic mass is 32.3. The quantitative estimate of drug-likeness (QED) is 0.0986. The molecule has 0 radical (unpaired) electrons. The van der Waals surface area contributed by atoms with Gasteiger partial charge in [-0.1, -0.05) is 0 Å². The van der Waals surface area contributed by atoms with Crippen molar-refractivity contribution in [3.63, 3.8) is 0 Å². The lowest BCUT2D eigenvalue weighted by molar-refractivity contribution is -0.306. The molecule has 0 spiro atoms. The van der Waals surface area contributed by atoms with Gasteiger partial charge in [0.1, 0.15) is 67.1 Å². The zero-order valence-corrected chi connectivity index (χ0v) is 25.8. The molecule has 3 aliphatic heterocycles. The molecule has 4 rings (SSSR count). The van der Waals surface area contributed by atoms with Crippen molar-refractivity contribution in [1.29, 1.82) is 0 Å². The smallest absolute Gasteiger partial charge is 0.394 e. The Morgan fingerprint density at radius 2 is 0.979 bits per heavy atom. The third kappa shape index (κ3) is 9.67. The Hall–Kier alpha value is -0.890. The second-order valence-corrected chi connectivity index (χ2v) is 12.6. The third-order valence-electron chi connectivity index (χ3n) is 8.37. The largest absolute Gasteiger partial charge is 0.394 e. The highest BCUT2D eigenvalue weighted by Crippen LogP contribution is 2.34. The molecule has 4 fully saturated rings. The molecule has 47 heavy (non-hydrogen) atoms. The second kappa shape index (κ2) is 16.9. The SMILES string of the molecule is NC[C@H]1O[C@@H](O[C@H]2[C@H](O)[C@@H](O[C@H]3[C@@H](O)[C@H](N)C[C@H](N)[C@H]3O[C@H]3O[C@H](CN)[C@@H](O)[C@H](O)[C@H]3N)O[C@@H]2CO)[C@H](N)[C@H](O)[C@H]1O.O=S(=O)(O)O. The highest BCUT2D eigenvalue weighted by Gasteiger charge is 2.54. The van der Waals surface area contributed by atoms with E-state index in [9.17, 15) is 35.7 Å². The van der Waals surface area contributed by atoms with Crippen LogP contribution in [-0.4, -0.2) is 189 Å². The van der Waals surface area contributed by atoms with E-state index < -0.39 is 133 Å². The summed E-state index contributed by atoms with van der Waals surface area (Å²) >= 11 is 0. The summed E-state index contributed by atoms with van der Waals surface area (Å²) < 4.78 is 66.2. The molecule has 19 atom stereocenters. The summed E-state index contributed by atoms with van der Waals surface area (Å²) in [6.07, 6.45) is -19.8. The molecule has 0 bridgehead atoms. The zero-order valence-electron chi connectivity index (χ0n) is 25.0. The molecule has 0 aromatic rings. The minimum Gasteiger partial charge on any atom is -0.394 e. The fourth-order valence-corrected chi connectivity index (χ4v) is 5.74. The molecule has 3 saturated heterocycles. The topological polar surface area (TPSA) is 428 Å². The van der Waals surface area contributed by atoms with Gasteiger partial charge in [0.2, 0.25) is 0 Å². The van der Waals surface area contributed by atoms with E-state index in [1.54, 1.807) is 0 Å². The van der Waals surface area contributed by atoms with Crippen molar-refractivity contribution in [3.8, 4) is 0 Å². The Balaban J connectivity index is 0.00000111. The average molecular weight is 713 g/mol. The first-order chi connectivity index (χ1) is 21.8. The Labute approximate surface area is 269 Å². The van der Waals surface area contributed by atoms with Crippen LogP contribution in [0.15, 0.2) is 0 Å². The number of aliphatic hydroxyl groups is 7. The Kier molecular flexibility index (Phi) is 14.6. The van der Waals surface area contributed by atoms with Crippen molar-refractivity contribution in [1.82, 2.24) is 0 Å². The molecule has 0 aromatic carbocycles. The van der Waals surface area contributed by atoms with Crippen LogP contribution < -0.4 is 34.4 Å². The molecule has 21 N–H and O–H groups in total. The maximum absolute atomic E-state index is 11.1. The molecule has 23 nitrogen and oxygen atoms in total. The van der Waals surface area contributed by atoms with Gasteiger partial charge in [0.15, 0.2) is 18.9 Å². The van der Waals surface area contributed by atoms with Gasteiger partial charge in [0.25, 0.3) is 0 Å². The van der Waals surface area contributed by atoms with Gasteiger partial charge >= 0.3 is 10.4 Å². The standard InChI is InChI=1S/C23H46N6O13.H2O4S/c24-2-7-13(32)15(34)10(28)21(37-7)40-18-6(27)1-5(26)12(31)20(18)42-23-17(36)19(9(4-30)39-23)41-22-11(29)16(35)14(33)8(3-25)38-22;1-5(2,3)4/h5-23,30-36H,1-4,24-29H2;(H2,1,2,3,4)/t5-,6+,7-,8-,9-,10-,11-,12+,13-,14+,15-,16+,17+,18-,19-,20+,21-,22+,23-;/m1./s1. The van der Waals surface area contributed by atoms with E-state index in [2.05, 4.69) is 0 Å². The zero-order chi connectivity index (χ0) is 35.5. The van der Waals surface area contributed by atoms with Crippen molar-refractivity contribution in [2.45, 2.75) is 123 Å². The number of rotatable bonds is 9. The number of aliphatic hydroxyl groups excluding tert-OH is 7. The summed E-state index contributed by atoms with van der Waals surface area (Å²) in [5, 5.41) is 73.0. The van der Waals surface area contributed by atoms with Crippen LogP contribution in [0, 0.1) is 0 Å². The van der Waals surface area contributed by atoms with Gasteiger partial charge in [-0.2, -0.15) is 8.42 Å². The lowest BCUT2D eigenvalue weighted by Crippen LogP contribution is -2.68. The molecule has 3 heterocycles. The predicted octanol–water partition coefficient (Wildman–Crippen LogP) is -9.55. The minimum atomic E-state index is -4.67. The maximum Gasteiger partial charge on any atom is 0.394 e. The normalized spacial score (nSPS) is 49.3. The lowest BCUT2D eigenvalue weighted by atomic mass is 9.84. The predicted molar refractivity (Wildman–Crippen MR) is 153 cm³/mol. The van der Waals surface area contributed by atoms with E-state index in [0.717, 1.165) is 0 Å². The van der Waals surface area contributed by atoms with Crippen LogP contribution >= 0.6 is 0 Å². The van der Waals surface area contributed by atoms with Crippen LogP contribution in [0.25, 0.3) is 0 Å². The van der Waals surface area contributed by atoms with E-state index in [1.165, 1.54) is 0 Å². The molecule has 1 aliphatic carbocycles. The van der Waals surface area contributed by atoms with E-state index >= 15 is 0 Å². The van der Waals surface area contributed by atoms with Gasteiger partial charge in [0.05, 0.1) is 24.8 Å². The van der Waals surface area contributed by atoms with Crippen LogP contribution in [-0.2, 0) is 38.8 Å². The molecular weight excluding hydrogens is 664 g/mol. The summed E-state index contributed by atoms with van der Waals surface area (Å²) in [4.78, 5) is 0. The van der Waals surface area contributed by atoms with Crippen molar-refractivity contribution < 1.29 is 81.7 Å². The van der Waals surface area contributed by atoms with Crippen LogP contribution in [0.5, 0.6) is 0 Å². The molecule has 0 unspecified atom stereocenters. The Bertz CT molecular complexity index is 1080. The minimum absolute atomic E-state index is 0.0889. The van der Waals surface area contributed by atoms with Crippen LogP contribution in [0.3, 0.4) is 0 Å². The first-order valence-electron chi connectivity index (χ1n) is 14.6. The van der Waals surface area contributed by atoms with E-state index in [4.69, 9.17) is 80.3 Å². The van der Waals surface area contributed by atoms with Gasteiger partial charge in [-0.05, 0) is 6.42 Å². The van der Waals surface area contributed by atoms with E-state index in [0.29, 0.717) is 0 Å². The third-order valence-corrected chi connectivity index (χ3v) is 8.37. The van der Waals surface area contributed by atoms with Crippen molar-refractivity contribution in [2.75, 3.05) is 19.7 Å². The van der Waals surface area contributed by atoms with Gasteiger partial charge in [-0.25, -0.2) is 0 Å². The summed E-state index contributed by atoms with van der Waals surface area (Å²) in [6.45, 7) is -0.967. The van der Waals surface area contributed by atoms with Crippen molar-refractivity contribution >= 4 is 10.4 Å². The highest BCUT2D eigenvalue weighted by molar-refractivity contribution is 7.79. The molecule has 1 saturated carbocycles. The first kappa shape index (κ1) is 40.5. The number of hydrogen-bond acceptors (Lipinski definition) is 21. The van der Waals surface area contributed by atoms with Crippen LogP contribution in [0.2, 0.25) is 0 Å². The molecule has 0 aromatic heterocycles. The van der Waals surface area contributed by atoms with Crippen LogP contribution in [0.1, 0.15) is 6.42 Å². The fraction of sp³-hybridized carbons (Fsp3) is 1.00. The number of nitrogens with two attached hydrogens (primary N) is 6. The Morgan fingerprint density at radius 3 is 1.40 bits per heavy atom. The number of hydrogen-bond donors (Lipinski definition) is 15. The van der Waals surface area contributed by atoms with Crippen LogP contribution in [0.4, 0.5) is 0 Å². The summed E-state index contributed by atoms with van der Waals surface area (Å²) in [5.41, 5.74) is 35.6. The number of ether oxygens (including phenoxy) is 6. The van der Waals surface area contributed by atoms with E-state index in [-0.39, 0.29) is 19.5 Å². The monoisotopic (exact) mass is 712 g/mol. The summed E-state index contributed by atoms with van der Waals surface area (Å²) in [7, 11) is -4.67. The Morgan fingerprint density at radius 1 is 0.574 bits per heavy atom. The van der Waals surface area contributed by atoms with Gasteiger partial charge in [-0.15, -0.1) is 0 Å². The molecule has 0 amide bonds. The first-order valence-corrected chi connectivity index (χ1v) is 16.0. The van der Waals surface area contributed by atoms with Gasteiger partial charge in [-0.3, -0.25) is 9.11 Å². The van der Waals surface area contributed by atoms with Crippen molar-refractivity contribution in [2.24, 2.45) is 34.4 Å². The molecule has 24 heteroatoms. The lowest BCUT2D eigenvalue weighted by Gasteiger charge is -2.47. The summed E-state index contributed by atoms with van der Waals surface area (Å²) in [5.74, 6) is 0. The van der Waals surface area contributed by atoms with Gasteiger partial charge < -0.3 is 98.6 Å². The fourth-order valence-electron chi connectivity index (χ4n) is 5.74. The van der Waals surface area contributed by atoms with Crippen molar-refractivity contribution in [3.05, 3.63) is 0 Å². The maximum atomic E-state index is 11.1. The van der Waals surface area contributed by atoms with E-state index in [1.807, 2.05) is 0 Å².